The molecular formula is C12H14ClF4NO. The number of hydrogen-bond acceptors (Lipinski definition) is 2. The molecule has 2 atom stereocenters. The molecule has 0 radical (unpaired) electrons. The smallest absolute Gasteiger partial charge is 0.391 e. The Bertz CT molecular complexity index is 462. The van der Waals surface area contributed by atoms with Crippen molar-refractivity contribution in [2.75, 3.05) is 0 Å². The van der Waals surface area contributed by atoms with E-state index in [0.29, 0.717) is 6.07 Å². The van der Waals surface area contributed by atoms with Crippen LogP contribution in [0.2, 0.25) is 5.02 Å². The van der Waals surface area contributed by atoms with Gasteiger partial charge in [-0.1, -0.05) is 25.4 Å². The molecule has 0 aliphatic heterocycles. The van der Waals surface area contributed by atoms with Gasteiger partial charge in [0.1, 0.15) is 5.82 Å². The first kappa shape index (κ1) is 16.2. The molecule has 7 heteroatoms. The van der Waals surface area contributed by atoms with Gasteiger partial charge < -0.3 is 10.8 Å². The molecule has 0 unspecified atom stereocenters. The SMILES string of the molecule is CC(C)[C@H](O)[C@H](N)c1c(C(F)(F)F)ccc(Cl)c1F. The molecule has 1 rings (SSSR count). The lowest BCUT2D eigenvalue weighted by Crippen LogP contribution is -2.33. The normalized spacial score (nSPS) is 15.7. The Morgan fingerprint density at radius 1 is 1.26 bits per heavy atom. The minimum absolute atomic E-state index is 0.422. The minimum atomic E-state index is -4.77. The third kappa shape index (κ3) is 3.38. The summed E-state index contributed by atoms with van der Waals surface area (Å²) >= 11 is 5.48. The fraction of sp³-hybridized carbons (Fsp3) is 0.500. The van der Waals surface area contributed by atoms with Crippen LogP contribution in [-0.2, 0) is 6.18 Å². The molecule has 3 N–H and O–H groups in total. The van der Waals surface area contributed by atoms with Crippen molar-refractivity contribution >= 4 is 11.6 Å². The summed E-state index contributed by atoms with van der Waals surface area (Å²) in [4.78, 5) is 0. The monoisotopic (exact) mass is 299 g/mol. The lowest BCUT2D eigenvalue weighted by Gasteiger charge is -2.26. The Labute approximate surface area is 113 Å². The molecule has 0 aliphatic carbocycles. The Morgan fingerprint density at radius 3 is 2.21 bits per heavy atom. The summed E-state index contributed by atoms with van der Waals surface area (Å²) in [5.74, 6) is -1.67. The summed E-state index contributed by atoms with van der Waals surface area (Å²) in [6.45, 7) is 3.14. The van der Waals surface area contributed by atoms with E-state index in [2.05, 4.69) is 0 Å². The molecule has 108 valence electrons. The topological polar surface area (TPSA) is 46.2 Å². The van der Waals surface area contributed by atoms with Crippen LogP contribution < -0.4 is 5.73 Å². The van der Waals surface area contributed by atoms with Crippen LogP contribution in [-0.4, -0.2) is 11.2 Å². The second-order valence-electron chi connectivity index (χ2n) is 4.58. The number of benzene rings is 1. The summed E-state index contributed by atoms with van der Waals surface area (Å²) in [5.41, 5.74) is 3.53. The van der Waals surface area contributed by atoms with Crippen LogP contribution in [0.1, 0.15) is 31.0 Å². The molecule has 0 saturated heterocycles. The van der Waals surface area contributed by atoms with Gasteiger partial charge in [0.05, 0.1) is 22.7 Å². The zero-order valence-corrected chi connectivity index (χ0v) is 11.1. The van der Waals surface area contributed by atoms with Gasteiger partial charge in [-0.2, -0.15) is 13.2 Å². The number of aliphatic hydroxyl groups excluding tert-OH is 1. The fourth-order valence-electron chi connectivity index (χ4n) is 1.72. The first-order valence-electron chi connectivity index (χ1n) is 5.56. The highest BCUT2D eigenvalue weighted by Crippen LogP contribution is 2.38. The zero-order chi connectivity index (χ0) is 15.0. The van der Waals surface area contributed by atoms with Crippen LogP contribution in [0, 0.1) is 11.7 Å². The van der Waals surface area contributed by atoms with Crippen molar-refractivity contribution in [1.82, 2.24) is 0 Å². The average molecular weight is 300 g/mol. The van der Waals surface area contributed by atoms with Gasteiger partial charge >= 0.3 is 6.18 Å². The zero-order valence-electron chi connectivity index (χ0n) is 10.3. The number of aliphatic hydroxyl groups is 1. The molecule has 0 bridgehead atoms. The molecule has 0 amide bonds. The maximum Gasteiger partial charge on any atom is 0.416 e. The summed E-state index contributed by atoms with van der Waals surface area (Å²) in [5, 5.41) is 9.29. The number of alkyl halides is 3. The molecule has 0 fully saturated rings. The van der Waals surface area contributed by atoms with Crippen molar-refractivity contribution in [3.05, 3.63) is 34.1 Å². The average Bonchev–Trinajstić information content (AvgIpc) is 2.28. The first-order chi connectivity index (χ1) is 8.57. The van der Waals surface area contributed by atoms with Gasteiger partial charge in [0.2, 0.25) is 0 Å². The highest BCUT2D eigenvalue weighted by molar-refractivity contribution is 6.30. The van der Waals surface area contributed by atoms with E-state index in [1.165, 1.54) is 0 Å². The van der Waals surface area contributed by atoms with E-state index in [1.54, 1.807) is 13.8 Å². The van der Waals surface area contributed by atoms with Crippen molar-refractivity contribution in [2.45, 2.75) is 32.2 Å². The molecular weight excluding hydrogens is 286 g/mol. The van der Waals surface area contributed by atoms with Gasteiger partial charge in [0.15, 0.2) is 0 Å². The summed E-state index contributed by atoms with van der Waals surface area (Å²) in [6.07, 6.45) is -6.08. The van der Waals surface area contributed by atoms with Crippen molar-refractivity contribution in [1.29, 1.82) is 0 Å². The van der Waals surface area contributed by atoms with E-state index < -0.39 is 46.2 Å². The molecule has 1 aromatic carbocycles. The van der Waals surface area contributed by atoms with Crippen LogP contribution in [0.15, 0.2) is 12.1 Å². The van der Waals surface area contributed by atoms with Crippen LogP contribution in [0.5, 0.6) is 0 Å². The van der Waals surface area contributed by atoms with Crippen molar-refractivity contribution in [3.63, 3.8) is 0 Å². The highest BCUT2D eigenvalue weighted by atomic mass is 35.5. The lowest BCUT2D eigenvalue weighted by atomic mass is 9.90. The molecule has 0 saturated carbocycles. The van der Waals surface area contributed by atoms with E-state index in [9.17, 15) is 22.7 Å². The quantitative estimate of drug-likeness (QED) is 0.839. The molecule has 0 aliphatic rings. The first-order valence-corrected chi connectivity index (χ1v) is 5.94. The second kappa shape index (κ2) is 5.64. The summed E-state index contributed by atoms with van der Waals surface area (Å²) < 4.78 is 52.4. The van der Waals surface area contributed by atoms with Crippen LogP contribution in [0.3, 0.4) is 0 Å². The Kier molecular flexibility index (Phi) is 4.81. The number of hydrogen-bond donors (Lipinski definition) is 2. The maximum absolute atomic E-state index is 13.8. The number of halogens is 5. The molecule has 0 heterocycles. The van der Waals surface area contributed by atoms with Crippen LogP contribution in [0.4, 0.5) is 17.6 Å². The maximum atomic E-state index is 13.8. The predicted octanol–water partition coefficient (Wildman–Crippen LogP) is 3.51. The Hall–Kier alpha value is -0.850. The Morgan fingerprint density at radius 2 is 1.79 bits per heavy atom. The van der Waals surface area contributed by atoms with Gasteiger partial charge in [-0.3, -0.25) is 0 Å². The van der Waals surface area contributed by atoms with Crippen LogP contribution >= 0.6 is 11.6 Å². The molecule has 2 nitrogen and oxygen atoms in total. The van der Waals surface area contributed by atoms with Crippen molar-refractivity contribution < 1.29 is 22.7 Å². The van der Waals surface area contributed by atoms with E-state index >= 15 is 0 Å². The highest BCUT2D eigenvalue weighted by Gasteiger charge is 2.38. The summed E-state index contributed by atoms with van der Waals surface area (Å²) in [6, 6.07) is -0.0268. The number of rotatable bonds is 3. The predicted molar refractivity (Wildman–Crippen MR) is 64.2 cm³/mol. The van der Waals surface area contributed by atoms with Gasteiger partial charge in [-0.25, -0.2) is 4.39 Å². The molecule has 0 spiro atoms. The third-order valence-corrected chi connectivity index (χ3v) is 3.11. The van der Waals surface area contributed by atoms with Gasteiger partial charge in [-0.15, -0.1) is 0 Å². The van der Waals surface area contributed by atoms with E-state index in [0.717, 1.165) is 6.07 Å². The number of nitrogens with two attached hydrogens (primary N) is 1. The molecule has 1 aromatic rings. The molecule has 0 aromatic heterocycles. The van der Waals surface area contributed by atoms with Gasteiger partial charge in [0, 0.05) is 5.56 Å². The van der Waals surface area contributed by atoms with Crippen molar-refractivity contribution in [3.8, 4) is 0 Å². The van der Waals surface area contributed by atoms with Gasteiger partial charge in [0.25, 0.3) is 0 Å². The van der Waals surface area contributed by atoms with E-state index in [1.807, 2.05) is 0 Å². The minimum Gasteiger partial charge on any atom is -0.391 e. The van der Waals surface area contributed by atoms with E-state index in [4.69, 9.17) is 17.3 Å². The lowest BCUT2D eigenvalue weighted by molar-refractivity contribution is -0.138. The third-order valence-electron chi connectivity index (χ3n) is 2.82. The fourth-order valence-corrected chi connectivity index (χ4v) is 1.89. The van der Waals surface area contributed by atoms with Crippen LogP contribution in [0.25, 0.3) is 0 Å². The molecule has 19 heavy (non-hydrogen) atoms. The Balaban J connectivity index is 3.43. The van der Waals surface area contributed by atoms with Crippen molar-refractivity contribution in [2.24, 2.45) is 11.7 Å². The largest absolute Gasteiger partial charge is 0.416 e. The standard InChI is InChI=1S/C12H14ClF4NO/c1-5(2)11(19)10(18)8-6(12(15,16)17)3-4-7(13)9(8)14/h3-5,10-11,19H,18H2,1-2H3/t10-,11+/m1/s1. The summed E-state index contributed by atoms with van der Waals surface area (Å²) in [7, 11) is 0. The van der Waals surface area contributed by atoms with Gasteiger partial charge in [-0.05, 0) is 18.1 Å². The second-order valence-corrected chi connectivity index (χ2v) is 4.99. The van der Waals surface area contributed by atoms with E-state index in [-0.39, 0.29) is 0 Å².